The van der Waals surface area contributed by atoms with Crippen molar-refractivity contribution in [1.29, 1.82) is 5.41 Å². The van der Waals surface area contributed by atoms with Crippen molar-refractivity contribution in [3.8, 4) is 0 Å². The van der Waals surface area contributed by atoms with Gasteiger partial charge < -0.3 is 5.73 Å². The Balaban J connectivity index is 0. The summed E-state index contributed by atoms with van der Waals surface area (Å²) in [6.07, 6.45) is 0. The van der Waals surface area contributed by atoms with Crippen LogP contribution in [0.1, 0.15) is 5.56 Å². The van der Waals surface area contributed by atoms with Crippen LogP contribution in [0.3, 0.4) is 0 Å². The second-order valence-corrected chi connectivity index (χ2v) is 2.36. The fourth-order valence-corrected chi connectivity index (χ4v) is 0.755. The predicted molar refractivity (Wildman–Crippen MR) is 57.0 cm³/mol. The fourth-order valence-electron chi connectivity index (χ4n) is 0.629. The molecule has 0 atom stereocenters. The summed E-state index contributed by atoms with van der Waals surface area (Å²) in [6, 6.07) is 6.84. The number of amidine groups is 1. The lowest BCUT2D eigenvalue weighted by Gasteiger charge is -1.95. The maximum absolute atomic E-state index is 7.04. The summed E-state index contributed by atoms with van der Waals surface area (Å²) in [5.41, 5.74) is 5.90. The van der Waals surface area contributed by atoms with E-state index in [1.54, 1.807) is 24.3 Å². The van der Waals surface area contributed by atoms with Crippen molar-refractivity contribution in [3.63, 3.8) is 0 Å². The minimum absolute atomic E-state index is 0. The molecule has 0 aromatic heterocycles. The van der Waals surface area contributed by atoms with E-state index >= 15 is 0 Å². The molecule has 12 heavy (non-hydrogen) atoms. The molecule has 68 valence electrons. The summed E-state index contributed by atoms with van der Waals surface area (Å²) in [5, 5.41) is 7.70. The molecule has 0 saturated heterocycles. The van der Waals surface area contributed by atoms with Crippen LogP contribution >= 0.6 is 36.4 Å². The van der Waals surface area contributed by atoms with Crippen LogP contribution in [0.15, 0.2) is 24.3 Å². The molecule has 0 bridgehead atoms. The van der Waals surface area contributed by atoms with Gasteiger partial charge in [-0.2, -0.15) is 0 Å². The number of hydrogen-bond donors (Lipinski definition) is 2. The molecule has 1 rings (SSSR count). The van der Waals surface area contributed by atoms with Gasteiger partial charge in [-0.3, -0.25) is 5.41 Å². The van der Waals surface area contributed by atoms with Crippen LogP contribution in [0.25, 0.3) is 0 Å². The normalized spacial score (nSPS) is 7.75. The van der Waals surface area contributed by atoms with E-state index in [1.165, 1.54) is 0 Å². The first-order chi connectivity index (χ1) is 4.70. The van der Waals surface area contributed by atoms with Crippen molar-refractivity contribution in [2.24, 2.45) is 5.73 Å². The predicted octanol–water partition coefficient (Wildman–Crippen LogP) is 2.47. The molecule has 0 aliphatic heterocycles. The van der Waals surface area contributed by atoms with Crippen molar-refractivity contribution in [2.75, 3.05) is 0 Å². The van der Waals surface area contributed by atoms with Crippen LogP contribution in [-0.4, -0.2) is 5.84 Å². The second kappa shape index (κ2) is 6.12. The number of rotatable bonds is 1. The first kappa shape index (κ1) is 14.1. The van der Waals surface area contributed by atoms with Gasteiger partial charge in [-0.05, 0) is 24.3 Å². The van der Waals surface area contributed by atoms with Gasteiger partial charge >= 0.3 is 0 Å². The number of nitrogens with two attached hydrogens (primary N) is 1. The average molecular weight is 228 g/mol. The molecule has 1 aromatic rings. The number of hydrogen-bond acceptors (Lipinski definition) is 1. The molecular formula is C7H9Cl3N2. The quantitative estimate of drug-likeness (QED) is 0.562. The van der Waals surface area contributed by atoms with E-state index in [1.807, 2.05) is 0 Å². The SMILES string of the molecule is Cl.Cl.N=C(N)c1ccc(Cl)cc1. The van der Waals surface area contributed by atoms with Crippen LogP contribution in [0.5, 0.6) is 0 Å². The first-order valence-electron chi connectivity index (χ1n) is 2.80. The van der Waals surface area contributed by atoms with E-state index in [-0.39, 0.29) is 30.6 Å². The van der Waals surface area contributed by atoms with Gasteiger partial charge in [0.15, 0.2) is 0 Å². The highest BCUT2D eigenvalue weighted by atomic mass is 35.5. The van der Waals surface area contributed by atoms with Gasteiger partial charge in [0.1, 0.15) is 5.84 Å². The van der Waals surface area contributed by atoms with Gasteiger partial charge in [0.25, 0.3) is 0 Å². The zero-order valence-corrected chi connectivity index (χ0v) is 8.47. The average Bonchev–Trinajstić information content (AvgIpc) is 1.88. The fraction of sp³-hybridized carbons (Fsp3) is 0. The molecule has 0 saturated carbocycles. The molecule has 0 fully saturated rings. The molecule has 0 radical (unpaired) electrons. The molecule has 3 N–H and O–H groups in total. The monoisotopic (exact) mass is 226 g/mol. The van der Waals surface area contributed by atoms with Crippen LogP contribution in [0.2, 0.25) is 5.02 Å². The Bertz CT molecular complexity index is 245. The second-order valence-electron chi connectivity index (χ2n) is 1.92. The smallest absolute Gasteiger partial charge is 0.122 e. The molecule has 0 amide bonds. The third-order valence-corrected chi connectivity index (χ3v) is 1.41. The molecule has 0 aliphatic carbocycles. The van der Waals surface area contributed by atoms with Crippen molar-refractivity contribution in [3.05, 3.63) is 34.9 Å². The Labute approximate surface area is 88.4 Å². The third-order valence-electron chi connectivity index (χ3n) is 1.16. The molecule has 0 aliphatic rings. The highest BCUT2D eigenvalue weighted by Crippen LogP contribution is 2.08. The summed E-state index contributed by atoms with van der Waals surface area (Å²) < 4.78 is 0. The topological polar surface area (TPSA) is 49.9 Å². The number of nitrogens with one attached hydrogen (secondary N) is 1. The van der Waals surface area contributed by atoms with Crippen molar-refractivity contribution < 1.29 is 0 Å². The Morgan fingerprint density at radius 3 is 1.92 bits per heavy atom. The van der Waals surface area contributed by atoms with Crippen LogP contribution < -0.4 is 5.73 Å². The number of nitrogen functional groups attached to an aromatic ring is 1. The van der Waals surface area contributed by atoms with Crippen LogP contribution in [0, 0.1) is 5.41 Å². The largest absolute Gasteiger partial charge is 0.384 e. The van der Waals surface area contributed by atoms with Crippen molar-refractivity contribution in [1.82, 2.24) is 0 Å². The lowest BCUT2D eigenvalue weighted by atomic mass is 10.2. The highest BCUT2D eigenvalue weighted by Gasteiger charge is 1.93. The Morgan fingerprint density at radius 2 is 1.58 bits per heavy atom. The highest BCUT2D eigenvalue weighted by molar-refractivity contribution is 6.30. The lowest BCUT2D eigenvalue weighted by molar-refractivity contribution is 1.42. The van der Waals surface area contributed by atoms with E-state index in [4.69, 9.17) is 22.7 Å². The van der Waals surface area contributed by atoms with Crippen molar-refractivity contribution >= 4 is 42.3 Å². The lowest BCUT2D eigenvalue weighted by Crippen LogP contribution is -2.10. The van der Waals surface area contributed by atoms with Crippen molar-refractivity contribution in [2.45, 2.75) is 0 Å². The number of halogens is 3. The number of benzene rings is 1. The molecule has 1 aromatic carbocycles. The first-order valence-corrected chi connectivity index (χ1v) is 3.18. The molecule has 0 spiro atoms. The van der Waals surface area contributed by atoms with Gasteiger partial charge in [-0.25, -0.2) is 0 Å². The maximum atomic E-state index is 7.04. The Morgan fingerprint density at radius 1 is 1.17 bits per heavy atom. The van der Waals surface area contributed by atoms with Crippen LogP contribution in [0.4, 0.5) is 0 Å². The van der Waals surface area contributed by atoms with Crippen LogP contribution in [-0.2, 0) is 0 Å². The minimum Gasteiger partial charge on any atom is -0.384 e. The van der Waals surface area contributed by atoms with E-state index in [0.29, 0.717) is 10.6 Å². The third kappa shape index (κ3) is 3.81. The molecule has 2 nitrogen and oxygen atoms in total. The van der Waals surface area contributed by atoms with E-state index in [9.17, 15) is 0 Å². The molecular weight excluding hydrogens is 218 g/mol. The zero-order chi connectivity index (χ0) is 7.56. The summed E-state index contributed by atoms with van der Waals surface area (Å²) >= 11 is 5.61. The van der Waals surface area contributed by atoms with E-state index < -0.39 is 0 Å². The van der Waals surface area contributed by atoms with Gasteiger partial charge in [0.05, 0.1) is 0 Å². The molecule has 0 heterocycles. The minimum atomic E-state index is 0. The van der Waals surface area contributed by atoms with Gasteiger partial charge in [0.2, 0.25) is 0 Å². The van der Waals surface area contributed by atoms with E-state index in [2.05, 4.69) is 0 Å². The summed E-state index contributed by atoms with van der Waals surface area (Å²) in [4.78, 5) is 0. The van der Waals surface area contributed by atoms with Gasteiger partial charge in [-0.15, -0.1) is 24.8 Å². The molecule has 5 heteroatoms. The molecule has 0 unspecified atom stereocenters. The standard InChI is InChI=1S/C7H7ClN2.2ClH/c8-6-3-1-5(2-4-6)7(9)10;;/h1-4H,(H3,9,10);2*1H. The van der Waals surface area contributed by atoms with Gasteiger partial charge in [-0.1, -0.05) is 11.6 Å². The Hall–Kier alpha value is -0.440. The zero-order valence-electron chi connectivity index (χ0n) is 6.08. The summed E-state index contributed by atoms with van der Waals surface area (Å²) in [7, 11) is 0. The summed E-state index contributed by atoms with van der Waals surface area (Å²) in [6.45, 7) is 0. The maximum Gasteiger partial charge on any atom is 0.122 e. The summed E-state index contributed by atoms with van der Waals surface area (Å²) in [5.74, 6) is 0.0664. The van der Waals surface area contributed by atoms with Gasteiger partial charge in [0, 0.05) is 10.6 Å². The van der Waals surface area contributed by atoms with E-state index in [0.717, 1.165) is 0 Å². The Kier molecular flexibility index (Phi) is 7.19.